The average Bonchev–Trinajstić information content (AvgIpc) is 3.36. The number of anilines is 1. The maximum absolute atomic E-state index is 14.5. The number of piperazine rings is 1. The number of carbonyl (C=O) groups is 1. The Hall–Kier alpha value is -4.54. The van der Waals surface area contributed by atoms with E-state index in [0.717, 1.165) is 25.4 Å². The van der Waals surface area contributed by atoms with Gasteiger partial charge in [-0.1, -0.05) is 12.0 Å². The van der Waals surface area contributed by atoms with Crippen molar-refractivity contribution in [3.8, 4) is 17.7 Å². The third-order valence-electron chi connectivity index (χ3n) is 6.72. The highest BCUT2D eigenvalue weighted by Crippen LogP contribution is 2.34. The van der Waals surface area contributed by atoms with Gasteiger partial charge < -0.3 is 15.0 Å². The molecule has 5 rings (SSSR count). The van der Waals surface area contributed by atoms with Gasteiger partial charge in [0.2, 0.25) is 11.8 Å². The number of likely N-dealkylation sites (N-methyl/N-ethyl adjacent to an activating group) is 1. The predicted octanol–water partition coefficient (Wildman–Crippen LogP) is 4.08. The normalized spacial score (nSPS) is 14.4. The second-order valence-electron chi connectivity index (χ2n) is 9.73. The molecule has 1 saturated heterocycles. The number of hydrogen-bond donors (Lipinski definition) is 1. The van der Waals surface area contributed by atoms with Gasteiger partial charge in [0.25, 0.3) is 5.91 Å². The number of amides is 1. The molecule has 42 heavy (non-hydrogen) atoms. The first-order valence-electron chi connectivity index (χ1n) is 13.2. The lowest BCUT2D eigenvalue weighted by Crippen LogP contribution is -2.44. The number of hydrogen-bond acceptors (Lipinski definition) is 7. The number of benzene rings is 1. The summed E-state index contributed by atoms with van der Waals surface area (Å²) in [6.45, 7) is 5.26. The number of ether oxygens (including phenoxy) is 1. The van der Waals surface area contributed by atoms with E-state index in [9.17, 15) is 22.4 Å². The van der Waals surface area contributed by atoms with E-state index >= 15 is 0 Å². The molecule has 13 heteroatoms. The van der Waals surface area contributed by atoms with Crippen LogP contribution in [0, 0.1) is 17.8 Å². The van der Waals surface area contributed by atoms with Gasteiger partial charge in [0, 0.05) is 50.7 Å². The summed E-state index contributed by atoms with van der Waals surface area (Å²) in [6.07, 6.45) is -2.16. The zero-order valence-corrected chi connectivity index (χ0v) is 22.9. The van der Waals surface area contributed by atoms with E-state index in [1.807, 2.05) is 18.9 Å². The van der Waals surface area contributed by atoms with E-state index in [4.69, 9.17) is 4.74 Å². The van der Waals surface area contributed by atoms with Crippen LogP contribution in [-0.4, -0.2) is 75.1 Å². The minimum Gasteiger partial charge on any atom is -0.477 e. The highest BCUT2D eigenvalue weighted by Gasteiger charge is 2.34. The lowest BCUT2D eigenvalue weighted by atomic mass is 10.0. The number of alkyl halides is 3. The molecule has 0 saturated carbocycles. The Bertz CT molecular complexity index is 1670. The van der Waals surface area contributed by atoms with Crippen molar-refractivity contribution in [2.24, 2.45) is 0 Å². The van der Waals surface area contributed by atoms with E-state index in [-0.39, 0.29) is 28.9 Å². The predicted molar refractivity (Wildman–Crippen MR) is 147 cm³/mol. The van der Waals surface area contributed by atoms with Crippen molar-refractivity contribution in [1.29, 1.82) is 0 Å². The minimum absolute atomic E-state index is 0.0479. The third kappa shape index (κ3) is 6.67. The van der Waals surface area contributed by atoms with Crippen LogP contribution < -0.4 is 10.1 Å². The van der Waals surface area contributed by atoms with Crippen molar-refractivity contribution in [3.05, 3.63) is 82.7 Å². The number of fused-ring (bicyclic) bond motifs is 1. The van der Waals surface area contributed by atoms with Crippen LogP contribution in [0.5, 0.6) is 5.88 Å². The van der Waals surface area contributed by atoms with Gasteiger partial charge in [0.15, 0.2) is 5.65 Å². The Balaban J connectivity index is 1.35. The van der Waals surface area contributed by atoms with Gasteiger partial charge in [0.05, 0.1) is 29.5 Å². The summed E-state index contributed by atoms with van der Waals surface area (Å²) < 4.78 is 63.1. The number of pyridine rings is 1. The number of aromatic nitrogens is 4. The Labute approximate surface area is 239 Å². The summed E-state index contributed by atoms with van der Waals surface area (Å²) in [5, 5.41) is 6.75. The van der Waals surface area contributed by atoms with Crippen LogP contribution in [0.25, 0.3) is 5.65 Å². The molecule has 0 bridgehead atoms. The molecule has 0 unspecified atom stereocenters. The maximum Gasteiger partial charge on any atom is 0.416 e. The van der Waals surface area contributed by atoms with Crippen LogP contribution in [0.3, 0.4) is 0 Å². The SMILES string of the molecule is CCOc1ccc2ncc(C#Cc3cc(C(=O)Nc4ccc(CN5CCN(C)CC5)c(C(F)(F)F)c4)cnc3F)n2n1. The third-order valence-corrected chi connectivity index (χ3v) is 6.72. The fourth-order valence-electron chi connectivity index (χ4n) is 4.46. The Morgan fingerprint density at radius 1 is 1.05 bits per heavy atom. The number of nitrogens with one attached hydrogen (secondary N) is 1. The molecule has 0 radical (unpaired) electrons. The fourth-order valence-corrected chi connectivity index (χ4v) is 4.46. The molecular weight excluding hydrogens is 554 g/mol. The van der Waals surface area contributed by atoms with E-state index < -0.39 is 23.6 Å². The van der Waals surface area contributed by atoms with Crippen LogP contribution in [0.4, 0.5) is 23.2 Å². The lowest BCUT2D eigenvalue weighted by molar-refractivity contribution is -0.138. The van der Waals surface area contributed by atoms with E-state index in [1.54, 1.807) is 12.1 Å². The second-order valence-corrected chi connectivity index (χ2v) is 9.73. The molecule has 1 aromatic carbocycles. The maximum atomic E-state index is 14.5. The van der Waals surface area contributed by atoms with Crippen molar-refractivity contribution in [2.45, 2.75) is 19.6 Å². The number of imidazole rings is 1. The van der Waals surface area contributed by atoms with Gasteiger partial charge in [-0.15, -0.1) is 5.10 Å². The van der Waals surface area contributed by atoms with Crippen LogP contribution in [0.1, 0.15) is 39.7 Å². The molecule has 1 aliphatic heterocycles. The zero-order valence-electron chi connectivity index (χ0n) is 22.9. The van der Waals surface area contributed by atoms with Crippen LogP contribution in [0.15, 0.2) is 48.8 Å². The van der Waals surface area contributed by atoms with Crippen LogP contribution >= 0.6 is 0 Å². The van der Waals surface area contributed by atoms with Gasteiger partial charge in [-0.25, -0.2) is 14.5 Å². The molecule has 1 N–H and O–H groups in total. The molecule has 218 valence electrons. The molecule has 9 nitrogen and oxygen atoms in total. The van der Waals surface area contributed by atoms with Gasteiger partial charge in [-0.05, 0) is 49.7 Å². The van der Waals surface area contributed by atoms with Crippen molar-refractivity contribution in [1.82, 2.24) is 29.4 Å². The van der Waals surface area contributed by atoms with E-state index in [0.29, 0.717) is 36.9 Å². The molecule has 1 fully saturated rings. The standard InChI is InChI=1S/C29H27F4N7O2/c1-3-42-26-9-8-25-34-17-23(40(25)37-26)7-5-19-14-21(16-35-27(19)30)28(41)36-22-6-4-20(24(15-22)29(31,32)33)18-39-12-10-38(2)11-13-39/h4,6,8-9,14-17H,3,10-13,18H2,1-2H3,(H,36,41). The largest absolute Gasteiger partial charge is 0.477 e. The molecule has 1 aliphatic rings. The summed E-state index contributed by atoms with van der Waals surface area (Å²) in [5.41, 5.74) is -0.158. The average molecular weight is 582 g/mol. The monoisotopic (exact) mass is 581 g/mol. The smallest absolute Gasteiger partial charge is 0.416 e. The first-order valence-corrected chi connectivity index (χ1v) is 13.2. The summed E-state index contributed by atoms with van der Waals surface area (Å²) in [5.74, 6) is 4.08. The lowest BCUT2D eigenvalue weighted by Gasteiger charge is -2.33. The van der Waals surface area contributed by atoms with Gasteiger partial charge in [0.1, 0.15) is 5.69 Å². The zero-order chi connectivity index (χ0) is 29.9. The number of rotatable bonds is 6. The first kappa shape index (κ1) is 29.0. The number of carbonyl (C=O) groups excluding carboxylic acids is 1. The number of halogens is 4. The Morgan fingerprint density at radius 3 is 2.57 bits per heavy atom. The van der Waals surface area contributed by atoms with Crippen molar-refractivity contribution in [2.75, 3.05) is 45.2 Å². The number of nitrogens with zero attached hydrogens (tertiary/aromatic N) is 6. The molecule has 1 amide bonds. The fraction of sp³-hybridized carbons (Fsp3) is 0.310. The topological polar surface area (TPSA) is 87.9 Å². The molecule has 3 aromatic heterocycles. The summed E-state index contributed by atoms with van der Waals surface area (Å²) in [6, 6.07) is 8.24. The molecule has 4 aromatic rings. The van der Waals surface area contributed by atoms with Crippen LogP contribution in [-0.2, 0) is 12.7 Å². The van der Waals surface area contributed by atoms with Crippen molar-refractivity contribution in [3.63, 3.8) is 0 Å². The highest BCUT2D eigenvalue weighted by atomic mass is 19.4. The molecule has 0 aliphatic carbocycles. The van der Waals surface area contributed by atoms with Crippen molar-refractivity contribution >= 4 is 17.2 Å². The minimum atomic E-state index is -4.61. The highest BCUT2D eigenvalue weighted by molar-refractivity contribution is 6.04. The van der Waals surface area contributed by atoms with E-state index in [1.165, 1.54) is 28.9 Å². The molecule has 0 spiro atoms. The second kappa shape index (κ2) is 12.1. The summed E-state index contributed by atoms with van der Waals surface area (Å²) in [7, 11) is 1.97. The van der Waals surface area contributed by atoms with Gasteiger partial charge >= 0.3 is 6.18 Å². The molecule has 4 heterocycles. The Kier molecular flexibility index (Phi) is 8.37. The first-order chi connectivity index (χ1) is 20.1. The summed E-state index contributed by atoms with van der Waals surface area (Å²) >= 11 is 0. The van der Waals surface area contributed by atoms with Crippen LogP contribution in [0.2, 0.25) is 0 Å². The molecule has 0 atom stereocenters. The summed E-state index contributed by atoms with van der Waals surface area (Å²) in [4.78, 5) is 24.8. The van der Waals surface area contributed by atoms with Gasteiger partial charge in [-0.2, -0.15) is 17.6 Å². The molecular formula is C29H27F4N7O2. The Morgan fingerprint density at radius 2 is 1.83 bits per heavy atom. The van der Waals surface area contributed by atoms with Gasteiger partial charge in [-0.3, -0.25) is 9.69 Å². The quantitative estimate of drug-likeness (QED) is 0.209. The van der Waals surface area contributed by atoms with Crippen molar-refractivity contribution < 1.29 is 27.1 Å². The van der Waals surface area contributed by atoms with E-state index in [2.05, 4.69) is 37.1 Å².